The first-order valence-corrected chi connectivity index (χ1v) is 9.50. The van der Waals surface area contributed by atoms with E-state index in [-0.39, 0.29) is 5.57 Å². The van der Waals surface area contributed by atoms with Crippen LogP contribution >= 0.6 is 22.6 Å². The van der Waals surface area contributed by atoms with Crippen molar-refractivity contribution in [2.75, 3.05) is 7.11 Å². The van der Waals surface area contributed by atoms with Gasteiger partial charge in [-0.2, -0.15) is 5.26 Å². The molecule has 0 saturated heterocycles. The smallest absolute Gasteiger partial charge is 0.259 e. The summed E-state index contributed by atoms with van der Waals surface area (Å²) in [4.78, 5) is 11.3. The molecule has 1 amide bonds. The van der Waals surface area contributed by atoms with Gasteiger partial charge in [-0.15, -0.1) is 0 Å². The van der Waals surface area contributed by atoms with E-state index in [4.69, 9.17) is 20.5 Å². The maximum atomic E-state index is 11.3. The Labute approximate surface area is 176 Å². The number of ether oxygens (including phenoxy) is 2. The Morgan fingerprint density at radius 3 is 2.68 bits per heavy atom. The van der Waals surface area contributed by atoms with Gasteiger partial charge in [-0.3, -0.25) is 4.79 Å². The Morgan fingerprint density at radius 1 is 1.21 bits per heavy atom. The van der Waals surface area contributed by atoms with Gasteiger partial charge in [0, 0.05) is 0 Å². The fourth-order valence-corrected chi connectivity index (χ4v) is 3.64. The number of methoxy groups -OCH3 is 1. The number of nitrogens with two attached hydrogens (primary N) is 1. The highest BCUT2D eigenvalue weighted by molar-refractivity contribution is 14.1. The molecule has 2 N–H and O–H groups in total. The highest BCUT2D eigenvalue weighted by Gasteiger charge is 2.13. The summed E-state index contributed by atoms with van der Waals surface area (Å²) in [6, 6.07) is 19.6. The Kier molecular flexibility index (Phi) is 6.16. The number of fused-ring (bicyclic) bond motifs is 1. The fourth-order valence-electron chi connectivity index (χ4n) is 2.86. The average molecular weight is 484 g/mol. The molecule has 140 valence electrons. The number of carbonyl (C=O) groups excluding carboxylic acids is 1. The predicted molar refractivity (Wildman–Crippen MR) is 117 cm³/mol. The second kappa shape index (κ2) is 8.76. The first kappa shape index (κ1) is 19.7. The lowest BCUT2D eigenvalue weighted by molar-refractivity contribution is -0.114. The van der Waals surface area contributed by atoms with Gasteiger partial charge in [0.25, 0.3) is 5.91 Å². The Hall–Kier alpha value is -3.05. The van der Waals surface area contributed by atoms with Crippen LogP contribution in [0, 0.1) is 14.9 Å². The van der Waals surface area contributed by atoms with Crippen LogP contribution in [0.3, 0.4) is 0 Å². The standard InChI is InChI=1S/C22H17IN2O3/c1-27-20-11-14(9-17(12-24)22(25)26)10-19(23)21(20)28-13-16-7-4-6-15-5-2-3-8-18(15)16/h2-11H,13H2,1H3,(H2,25,26)/b17-9+. The van der Waals surface area contributed by atoms with Crippen molar-refractivity contribution in [2.45, 2.75) is 6.61 Å². The van der Waals surface area contributed by atoms with E-state index in [2.05, 4.69) is 40.8 Å². The number of rotatable bonds is 6. The normalized spacial score (nSPS) is 11.1. The third-order valence-corrected chi connectivity index (χ3v) is 5.00. The molecular formula is C22H17IN2O3. The molecule has 0 spiro atoms. The second-order valence-corrected chi connectivity index (χ2v) is 7.16. The molecule has 0 aliphatic heterocycles. The van der Waals surface area contributed by atoms with Crippen molar-refractivity contribution >= 4 is 45.3 Å². The number of halogens is 1. The van der Waals surface area contributed by atoms with E-state index >= 15 is 0 Å². The maximum Gasteiger partial charge on any atom is 0.259 e. The van der Waals surface area contributed by atoms with E-state index in [1.54, 1.807) is 19.2 Å². The summed E-state index contributed by atoms with van der Waals surface area (Å²) >= 11 is 2.14. The Balaban J connectivity index is 1.92. The van der Waals surface area contributed by atoms with Crippen LogP contribution in [0.4, 0.5) is 0 Å². The summed E-state index contributed by atoms with van der Waals surface area (Å²) in [7, 11) is 1.54. The SMILES string of the molecule is COc1cc(/C=C(\C#N)C(N)=O)cc(I)c1OCc1cccc2ccccc12. The minimum atomic E-state index is -0.771. The topological polar surface area (TPSA) is 85.3 Å². The third-order valence-electron chi connectivity index (χ3n) is 4.20. The van der Waals surface area contributed by atoms with Crippen LogP contribution < -0.4 is 15.2 Å². The molecule has 0 aromatic heterocycles. The average Bonchev–Trinajstić information content (AvgIpc) is 2.70. The van der Waals surface area contributed by atoms with Crippen molar-refractivity contribution in [3.05, 3.63) is 74.9 Å². The van der Waals surface area contributed by atoms with E-state index < -0.39 is 5.91 Å². The van der Waals surface area contributed by atoms with E-state index in [9.17, 15) is 4.79 Å². The highest BCUT2D eigenvalue weighted by atomic mass is 127. The van der Waals surface area contributed by atoms with Gasteiger partial charge < -0.3 is 15.2 Å². The van der Waals surface area contributed by atoms with Crippen molar-refractivity contribution in [3.8, 4) is 17.6 Å². The molecule has 28 heavy (non-hydrogen) atoms. The van der Waals surface area contributed by atoms with E-state index in [0.29, 0.717) is 23.7 Å². The molecule has 3 aromatic carbocycles. The molecule has 0 heterocycles. The van der Waals surface area contributed by atoms with E-state index in [1.165, 1.54) is 6.08 Å². The molecule has 0 aliphatic rings. The van der Waals surface area contributed by atoms with Crippen LogP contribution in [0.2, 0.25) is 0 Å². The molecule has 0 saturated carbocycles. The molecule has 0 fully saturated rings. The van der Waals surface area contributed by atoms with Gasteiger partial charge in [0.15, 0.2) is 11.5 Å². The van der Waals surface area contributed by atoms with Crippen molar-refractivity contribution in [2.24, 2.45) is 5.73 Å². The number of amides is 1. The molecule has 0 bridgehead atoms. The fraction of sp³-hybridized carbons (Fsp3) is 0.0909. The van der Waals surface area contributed by atoms with Crippen molar-refractivity contribution in [1.82, 2.24) is 0 Å². The molecule has 5 nitrogen and oxygen atoms in total. The largest absolute Gasteiger partial charge is 0.493 e. The van der Waals surface area contributed by atoms with Crippen LogP contribution in [0.5, 0.6) is 11.5 Å². The van der Waals surface area contributed by atoms with Crippen LogP contribution in [-0.2, 0) is 11.4 Å². The van der Waals surface area contributed by atoms with Crippen molar-refractivity contribution < 1.29 is 14.3 Å². The first-order chi connectivity index (χ1) is 13.5. The van der Waals surface area contributed by atoms with Crippen LogP contribution in [0.25, 0.3) is 16.8 Å². The summed E-state index contributed by atoms with van der Waals surface area (Å²) in [6.07, 6.45) is 1.43. The maximum absolute atomic E-state index is 11.3. The van der Waals surface area contributed by atoms with Gasteiger partial charge in [0.05, 0.1) is 10.7 Å². The number of hydrogen-bond donors (Lipinski definition) is 1. The van der Waals surface area contributed by atoms with Gasteiger partial charge in [0.2, 0.25) is 0 Å². The lowest BCUT2D eigenvalue weighted by atomic mass is 10.1. The lowest BCUT2D eigenvalue weighted by Crippen LogP contribution is -2.12. The zero-order chi connectivity index (χ0) is 20.1. The van der Waals surface area contributed by atoms with Crippen molar-refractivity contribution in [3.63, 3.8) is 0 Å². The van der Waals surface area contributed by atoms with Gasteiger partial charge in [-0.1, -0.05) is 42.5 Å². The Morgan fingerprint density at radius 2 is 1.96 bits per heavy atom. The van der Waals surface area contributed by atoms with Gasteiger partial charge >= 0.3 is 0 Å². The summed E-state index contributed by atoms with van der Waals surface area (Å²) < 4.78 is 12.3. The predicted octanol–water partition coefficient (Wildman–Crippen LogP) is 4.42. The van der Waals surface area contributed by atoms with Crippen LogP contribution in [-0.4, -0.2) is 13.0 Å². The third kappa shape index (κ3) is 4.26. The molecule has 6 heteroatoms. The van der Waals surface area contributed by atoms with E-state index in [1.807, 2.05) is 30.3 Å². The zero-order valence-electron chi connectivity index (χ0n) is 15.1. The lowest BCUT2D eigenvalue weighted by Gasteiger charge is -2.15. The molecule has 0 atom stereocenters. The number of hydrogen-bond acceptors (Lipinski definition) is 4. The summed E-state index contributed by atoms with van der Waals surface area (Å²) in [5.74, 6) is 0.346. The van der Waals surface area contributed by atoms with Crippen LogP contribution in [0.15, 0.2) is 60.2 Å². The molecule has 0 radical (unpaired) electrons. The number of nitrogens with zero attached hydrogens (tertiary/aromatic N) is 1. The quantitative estimate of drug-likeness (QED) is 0.319. The van der Waals surface area contributed by atoms with Gasteiger partial charge in [0.1, 0.15) is 18.2 Å². The minimum Gasteiger partial charge on any atom is -0.493 e. The molecule has 3 aromatic rings. The summed E-state index contributed by atoms with van der Waals surface area (Å²) in [5.41, 5.74) is 6.78. The summed E-state index contributed by atoms with van der Waals surface area (Å²) in [5, 5.41) is 11.3. The van der Waals surface area contributed by atoms with Crippen molar-refractivity contribution in [1.29, 1.82) is 5.26 Å². The number of nitriles is 1. The Bertz CT molecular complexity index is 1110. The molecule has 0 unspecified atom stereocenters. The summed E-state index contributed by atoms with van der Waals surface area (Å²) in [6.45, 7) is 0.383. The molecule has 0 aliphatic carbocycles. The van der Waals surface area contributed by atoms with E-state index in [0.717, 1.165) is 19.9 Å². The monoisotopic (exact) mass is 484 g/mol. The minimum absolute atomic E-state index is 0.123. The number of primary amides is 1. The number of benzene rings is 3. The van der Waals surface area contributed by atoms with Crippen LogP contribution in [0.1, 0.15) is 11.1 Å². The number of carbonyl (C=O) groups is 1. The van der Waals surface area contributed by atoms with Gasteiger partial charge in [-0.05, 0) is 62.7 Å². The highest BCUT2D eigenvalue weighted by Crippen LogP contribution is 2.35. The molecule has 3 rings (SSSR count). The zero-order valence-corrected chi connectivity index (χ0v) is 17.3. The molecular weight excluding hydrogens is 467 g/mol. The van der Waals surface area contributed by atoms with Gasteiger partial charge in [-0.25, -0.2) is 0 Å². The second-order valence-electron chi connectivity index (χ2n) is 6.00. The first-order valence-electron chi connectivity index (χ1n) is 8.42.